The van der Waals surface area contributed by atoms with Gasteiger partial charge in [-0.2, -0.15) is 0 Å². The molecule has 0 amide bonds. The summed E-state index contributed by atoms with van der Waals surface area (Å²) in [5.74, 6) is 0.972. The van der Waals surface area contributed by atoms with Gasteiger partial charge in [0.15, 0.2) is 0 Å². The van der Waals surface area contributed by atoms with Crippen molar-refractivity contribution in [1.29, 1.82) is 0 Å². The highest BCUT2D eigenvalue weighted by Gasteiger charge is 2.18. The number of benzene rings is 2. The van der Waals surface area contributed by atoms with Crippen molar-refractivity contribution >= 4 is 11.9 Å². The number of hydrogen-bond acceptors (Lipinski definition) is 3. The number of hydrogen-bond donors (Lipinski definition) is 1. The van der Waals surface area contributed by atoms with Crippen LogP contribution in [0.4, 0.5) is 0 Å². The lowest BCUT2D eigenvalue weighted by molar-refractivity contribution is 0.350. The van der Waals surface area contributed by atoms with Crippen molar-refractivity contribution in [2.45, 2.75) is 18.2 Å². The van der Waals surface area contributed by atoms with Crippen molar-refractivity contribution in [3.05, 3.63) is 47.5 Å². The molecule has 18 heavy (non-hydrogen) atoms. The minimum absolute atomic E-state index is 0.764. The van der Waals surface area contributed by atoms with E-state index in [0.29, 0.717) is 0 Å². The Kier molecular flexibility index (Phi) is 3.02. The number of fused-ring (bicyclic) bond motifs is 1. The van der Waals surface area contributed by atoms with Crippen LogP contribution < -0.4 is 9.88 Å². The Bertz CT molecular complexity index is 595. The van der Waals surface area contributed by atoms with Crippen molar-refractivity contribution in [3.63, 3.8) is 0 Å². The zero-order valence-electron chi connectivity index (χ0n) is 10.3. The molecule has 0 atom stereocenters. The van der Waals surface area contributed by atoms with Crippen LogP contribution in [0.1, 0.15) is 11.1 Å². The molecular formula is C15H15NOS. The molecule has 0 radical (unpaired) electrons. The fourth-order valence-corrected chi connectivity index (χ4v) is 2.90. The van der Waals surface area contributed by atoms with Crippen LogP contribution in [0.15, 0.2) is 41.3 Å². The van der Waals surface area contributed by atoms with Crippen LogP contribution in [0.3, 0.4) is 0 Å². The van der Waals surface area contributed by atoms with E-state index in [-0.39, 0.29) is 0 Å². The Hall–Kier alpha value is -1.45. The van der Waals surface area contributed by atoms with Gasteiger partial charge in [-0.1, -0.05) is 24.3 Å². The second-order valence-corrected chi connectivity index (χ2v) is 5.17. The van der Waals surface area contributed by atoms with Crippen LogP contribution in [0, 0.1) is 6.92 Å². The zero-order valence-corrected chi connectivity index (χ0v) is 11.1. The van der Waals surface area contributed by atoms with E-state index in [1.54, 1.807) is 0 Å². The quantitative estimate of drug-likeness (QED) is 0.835. The summed E-state index contributed by atoms with van der Waals surface area (Å²) in [5.41, 5.74) is 5.04. The largest absolute Gasteiger partial charge is 0.492 e. The van der Waals surface area contributed by atoms with E-state index in [1.165, 1.54) is 34.2 Å². The molecular weight excluding hydrogens is 242 g/mol. The fourth-order valence-electron chi connectivity index (χ4n) is 2.41. The second kappa shape index (κ2) is 4.67. The number of rotatable bonds is 2. The van der Waals surface area contributed by atoms with E-state index in [4.69, 9.17) is 9.88 Å². The summed E-state index contributed by atoms with van der Waals surface area (Å²) >= 11 is 1.26. The lowest BCUT2D eigenvalue weighted by Gasteiger charge is -2.11. The zero-order chi connectivity index (χ0) is 12.5. The second-order valence-electron chi connectivity index (χ2n) is 4.49. The highest BCUT2D eigenvalue weighted by atomic mass is 32.2. The van der Waals surface area contributed by atoms with E-state index in [1.807, 2.05) is 0 Å². The first-order valence-corrected chi connectivity index (χ1v) is 6.90. The van der Waals surface area contributed by atoms with Gasteiger partial charge in [-0.15, -0.1) is 0 Å². The number of nitrogens with two attached hydrogens (primary N) is 1. The Labute approximate surface area is 111 Å². The lowest BCUT2D eigenvalue weighted by atomic mass is 9.98. The standard InChI is InChI=1S/C15H15NOS/c1-10-4-2-3-5-13(10)12-8-11-6-7-17-15(11)14(9-12)18-16/h2-5,8-9H,6-7,16H2,1H3. The molecule has 0 saturated heterocycles. The minimum atomic E-state index is 0.764. The third kappa shape index (κ3) is 1.89. The monoisotopic (exact) mass is 257 g/mol. The van der Waals surface area contributed by atoms with Crippen molar-refractivity contribution in [2.24, 2.45) is 5.14 Å². The third-order valence-electron chi connectivity index (χ3n) is 3.33. The number of ether oxygens (including phenoxy) is 1. The van der Waals surface area contributed by atoms with Gasteiger partial charge in [-0.25, -0.2) is 0 Å². The van der Waals surface area contributed by atoms with Crippen LogP contribution in [-0.4, -0.2) is 6.61 Å². The first-order chi connectivity index (χ1) is 8.79. The smallest absolute Gasteiger partial charge is 0.137 e. The van der Waals surface area contributed by atoms with Crippen LogP contribution >= 0.6 is 11.9 Å². The Morgan fingerprint density at radius 3 is 2.83 bits per heavy atom. The fraction of sp³-hybridized carbons (Fsp3) is 0.200. The molecule has 3 heteroatoms. The molecule has 0 fully saturated rings. The molecule has 0 saturated carbocycles. The Balaban J connectivity index is 2.17. The van der Waals surface area contributed by atoms with Gasteiger partial charge < -0.3 is 4.74 Å². The van der Waals surface area contributed by atoms with Gasteiger partial charge in [-0.05, 0) is 53.3 Å². The van der Waals surface area contributed by atoms with Gasteiger partial charge in [0, 0.05) is 6.42 Å². The maximum absolute atomic E-state index is 5.74. The molecule has 1 heterocycles. The molecule has 1 aliphatic rings. The van der Waals surface area contributed by atoms with E-state index >= 15 is 0 Å². The van der Waals surface area contributed by atoms with Gasteiger partial charge in [0.1, 0.15) is 5.75 Å². The molecule has 0 aromatic heterocycles. The predicted octanol–water partition coefficient (Wildman–Crippen LogP) is 3.56. The lowest BCUT2D eigenvalue weighted by Crippen LogP contribution is -1.90. The molecule has 92 valence electrons. The van der Waals surface area contributed by atoms with Crippen molar-refractivity contribution in [1.82, 2.24) is 0 Å². The molecule has 0 unspecified atom stereocenters. The van der Waals surface area contributed by atoms with Crippen LogP contribution in [-0.2, 0) is 6.42 Å². The highest BCUT2D eigenvalue weighted by Crippen LogP contribution is 2.38. The first kappa shape index (κ1) is 11.6. The molecule has 2 nitrogen and oxygen atoms in total. The molecule has 3 rings (SSSR count). The summed E-state index contributed by atoms with van der Waals surface area (Å²) in [6, 6.07) is 12.8. The van der Waals surface area contributed by atoms with Crippen LogP contribution in [0.2, 0.25) is 0 Å². The van der Waals surface area contributed by atoms with Gasteiger partial charge in [0.25, 0.3) is 0 Å². The number of aryl methyl sites for hydroxylation is 1. The average Bonchev–Trinajstić information content (AvgIpc) is 2.86. The van der Waals surface area contributed by atoms with Gasteiger partial charge in [0.05, 0.1) is 11.5 Å². The summed E-state index contributed by atoms with van der Waals surface area (Å²) in [6.45, 7) is 2.90. The molecule has 0 aliphatic carbocycles. The Morgan fingerprint density at radius 1 is 1.22 bits per heavy atom. The van der Waals surface area contributed by atoms with E-state index in [9.17, 15) is 0 Å². The third-order valence-corrected chi connectivity index (χ3v) is 3.89. The maximum Gasteiger partial charge on any atom is 0.137 e. The van der Waals surface area contributed by atoms with Crippen LogP contribution in [0.25, 0.3) is 11.1 Å². The van der Waals surface area contributed by atoms with Gasteiger partial charge in [-0.3, -0.25) is 5.14 Å². The van der Waals surface area contributed by atoms with Gasteiger partial charge in [0.2, 0.25) is 0 Å². The summed E-state index contributed by atoms with van der Waals surface area (Å²) in [7, 11) is 0. The molecule has 0 spiro atoms. The van der Waals surface area contributed by atoms with Crippen molar-refractivity contribution < 1.29 is 4.74 Å². The Morgan fingerprint density at radius 2 is 2.06 bits per heavy atom. The van der Waals surface area contributed by atoms with Crippen molar-refractivity contribution in [2.75, 3.05) is 6.61 Å². The highest BCUT2D eigenvalue weighted by molar-refractivity contribution is 7.97. The molecule has 2 N–H and O–H groups in total. The summed E-state index contributed by atoms with van der Waals surface area (Å²) in [4.78, 5) is 1.03. The average molecular weight is 257 g/mol. The predicted molar refractivity (Wildman–Crippen MR) is 75.9 cm³/mol. The molecule has 1 aliphatic heterocycles. The van der Waals surface area contributed by atoms with Crippen LogP contribution in [0.5, 0.6) is 5.75 Å². The SMILES string of the molecule is Cc1ccccc1-c1cc2c(c(SN)c1)OCC2. The molecule has 0 bridgehead atoms. The van der Waals surface area contributed by atoms with E-state index in [0.717, 1.165) is 23.7 Å². The topological polar surface area (TPSA) is 35.2 Å². The minimum Gasteiger partial charge on any atom is -0.492 e. The summed E-state index contributed by atoms with van der Waals surface area (Å²) in [5, 5.41) is 5.74. The maximum atomic E-state index is 5.74. The van der Waals surface area contributed by atoms with Crippen molar-refractivity contribution in [3.8, 4) is 16.9 Å². The molecule has 2 aromatic carbocycles. The summed E-state index contributed by atoms with van der Waals surface area (Å²) in [6.07, 6.45) is 0.975. The molecule has 2 aromatic rings. The van der Waals surface area contributed by atoms with E-state index < -0.39 is 0 Å². The van der Waals surface area contributed by atoms with Gasteiger partial charge >= 0.3 is 0 Å². The van der Waals surface area contributed by atoms with E-state index in [2.05, 4.69) is 43.3 Å². The normalized spacial score (nSPS) is 13.2. The first-order valence-electron chi connectivity index (χ1n) is 6.02. The summed E-state index contributed by atoms with van der Waals surface area (Å²) < 4.78 is 5.64.